The summed E-state index contributed by atoms with van der Waals surface area (Å²) in [4.78, 5) is 3.84. The van der Waals surface area contributed by atoms with Crippen LogP contribution in [0.15, 0.2) is 17.1 Å². The standard InChI is InChI=1S/C4H5BrN2.CH4O3S/c1-7-3-6-2-4(7)5;1-5(2,3)4/h2-3H,1H3;1H3,(H,2,3,4). The number of imidazole rings is 1. The Hall–Kier alpha value is -0.400. The maximum Gasteiger partial charge on any atom is 0.261 e. The largest absolute Gasteiger partial charge is 0.329 e. The first-order chi connectivity index (χ1) is 5.30. The fourth-order valence-corrected chi connectivity index (χ4v) is 0.551. The van der Waals surface area contributed by atoms with E-state index in [-0.39, 0.29) is 0 Å². The summed E-state index contributed by atoms with van der Waals surface area (Å²) in [6, 6.07) is 0. The summed E-state index contributed by atoms with van der Waals surface area (Å²) in [5.41, 5.74) is 0. The first-order valence-corrected chi connectivity index (χ1v) is 5.49. The van der Waals surface area contributed by atoms with Gasteiger partial charge in [-0.1, -0.05) is 0 Å². The van der Waals surface area contributed by atoms with Crippen LogP contribution < -0.4 is 0 Å². The predicted octanol–water partition coefficient (Wildman–Crippen LogP) is 0.687. The van der Waals surface area contributed by atoms with Crippen molar-refractivity contribution in [2.45, 2.75) is 0 Å². The van der Waals surface area contributed by atoms with Crippen molar-refractivity contribution in [1.29, 1.82) is 0 Å². The number of halogens is 1. The summed E-state index contributed by atoms with van der Waals surface area (Å²) in [5, 5.41) is 0. The Labute approximate surface area is 79.3 Å². The molecule has 1 N–H and O–H groups in total. The van der Waals surface area contributed by atoms with Gasteiger partial charge in [0.25, 0.3) is 10.1 Å². The van der Waals surface area contributed by atoms with E-state index in [1.165, 1.54) is 0 Å². The molecule has 70 valence electrons. The Morgan fingerprint density at radius 2 is 2.08 bits per heavy atom. The van der Waals surface area contributed by atoms with E-state index in [1.54, 1.807) is 12.5 Å². The fourth-order valence-electron chi connectivity index (χ4n) is 0.341. The van der Waals surface area contributed by atoms with Gasteiger partial charge in [0.05, 0.1) is 18.8 Å². The molecule has 0 aromatic carbocycles. The maximum atomic E-state index is 9.19. The van der Waals surface area contributed by atoms with Crippen molar-refractivity contribution in [1.82, 2.24) is 9.55 Å². The Morgan fingerprint density at radius 3 is 2.17 bits per heavy atom. The lowest BCUT2D eigenvalue weighted by Gasteiger charge is -1.85. The van der Waals surface area contributed by atoms with Gasteiger partial charge in [0.1, 0.15) is 4.60 Å². The second kappa shape index (κ2) is 4.58. The zero-order valence-electron chi connectivity index (χ0n) is 6.60. The lowest BCUT2D eigenvalue weighted by molar-refractivity contribution is 0.490. The van der Waals surface area contributed by atoms with E-state index in [9.17, 15) is 8.42 Å². The Balaban J connectivity index is 0.000000217. The van der Waals surface area contributed by atoms with Crippen LogP contribution in [0.4, 0.5) is 0 Å². The molecular weight excluding hydrogens is 248 g/mol. The highest BCUT2D eigenvalue weighted by Crippen LogP contribution is 2.03. The Morgan fingerprint density at radius 1 is 1.67 bits per heavy atom. The van der Waals surface area contributed by atoms with Crippen molar-refractivity contribution >= 4 is 26.0 Å². The van der Waals surface area contributed by atoms with Gasteiger partial charge in [-0.25, -0.2) is 4.98 Å². The van der Waals surface area contributed by atoms with Crippen molar-refractivity contribution in [2.24, 2.45) is 7.05 Å². The highest BCUT2D eigenvalue weighted by atomic mass is 79.9. The average Bonchev–Trinajstić information content (AvgIpc) is 2.12. The monoisotopic (exact) mass is 256 g/mol. The number of hydrogen-bond donors (Lipinski definition) is 1. The summed E-state index contributed by atoms with van der Waals surface area (Å²) >= 11 is 3.27. The van der Waals surface area contributed by atoms with Crippen molar-refractivity contribution in [2.75, 3.05) is 6.26 Å². The van der Waals surface area contributed by atoms with Gasteiger partial charge >= 0.3 is 0 Å². The lowest BCUT2D eigenvalue weighted by Crippen LogP contribution is -1.88. The number of nitrogens with zero attached hydrogens (tertiary/aromatic N) is 2. The number of rotatable bonds is 0. The molecule has 0 atom stereocenters. The maximum absolute atomic E-state index is 9.19. The minimum absolute atomic E-state index is 0.715. The van der Waals surface area contributed by atoms with Gasteiger partial charge in [0.2, 0.25) is 0 Å². The molecule has 0 radical (unpaired) electrons. The zero-order chi connectivity index (χ0) is 9.78. The Bertz CT molecular complexity index is 308. The lowest BCUT2D eigenvalue weighted by atomic mass is 10.9. The first kappa shape index (κ1) is 11.6. The van der Waals surface area contributed by atoms with Crippen LogP contribution in [0.2, 0.25) is 0 Å². The first-order valence-electron chi connectivity index (χ1n) is 2.85. The third kappa shape index (κ3) is 7.70. The van der Waals surface area contributed by atoms with Crippen LogP contribution in [0.3, 0.4) is 0 Å². The summed E-state index contributed by atoms with van der Waals surface area (Å²) in [5.74, 6) is 0. The van der Waals surface area contributed by atoms with E-state index >= 15 is 0 Å². The van der Waals surface area contributed by atoms with Gasteiger partial charge in [0.15, 0.2) is 0 Å². The second-order valence-corrected chi connectivity index (χ2v) is 4.34. The molecule has 12 heavy (non-hydrogen) atoms. The Kier molecular flexibility index (Phi) is 4.43. The zero-order valence-corrected chi connectivity index (χ0v) is 9.00. The molecule has 1 rings (SSSR count). The van der Waals surface area contributed by atoms with Crippen LogP contribution >= 0.6 is 15.9 Å². The molecule has 0 saturated carbocycles. The third-order valence-corrected chi connectivity index (χ3v) is 1.52. The van der Waals surface area contributed by atoms with Crippen LogP contribution in [-0.4, -0.2) is 28.8 Å². The number of aryl methyl sites for hydroxylation is 1. The molecule has 0 fully saturated rings. The molecule has 1 aromatic rings. The highest BCUT2D eigenvalue weighted by molar-refractivity contribution is 9.10. The van der Waals surface area contributed by atoms with Crippen LogP contribution in [0.25, 0.3) is 0 Å². The van der Waals surface area contributed by atoms with E-state index in [0.717, 1.165) is 4.60 Å². The van der Waals surface area contributed by atoms with Gasteiger partial charge in [-0.05, 0) is 15.9 Å². The van der Waals surface area contributed by atoms with Gasteiger partial charge in [-0.15, -0.1) is 0 Å². The molecule has 1 aromatic heterocycles. The van der Waals surface area contributed by atoms with Crippen LogP contribution in [0, 0.1) is 0 Å². The van der Waals surface area contributed by atoms with Gasteiger partial charge in [0, 0.05) is 7.05 Å². The smallest absolute Gasteiger partial charge is 0.261 e. The summed E-state index contributed by atoms with van der Waals surface area (Å²) < 4.78 is 28.8. The predicted molar refractivity (Wildman–Crippen MR) is 48.4 cm³/mol. The molecule has 0 spiro atoms. The number of hydrogen-bond acceptors (Lipinski definition) is 3. The van der Waals surface area contributed by atoms with Crippen molar-refractivity contribution in [3.8, 4) is 0 Å². The molecule has 0 saturated heterocycles. The van der Waals surface area contributed by atoms with Crippen LogP contribution in [-0.2, 0) is 17.2 Å². The van der Waals surface area contributed by atoms with E-state index in [4.69, 9.17) is 4.55 Å². The molecule has 0 aliphatic heterocycles. The minimum atomic E-state index is -3.67. The van der Waals surface area contributed by atoms with Gasteiger partial charge in [-0.2, -0.15) is 8.42 Å². The normalized spacial score (nSPS) is 10.3. The minimum Gasteiger partial charge on any atom is -0.329 e. The van der Waals surface area contributed by atoms with E-state index in [1.807, 2.05) is 11.6 Å². The SMILES string of the molecule is CS(=O)(=O)O.Cn1cncc1Br. The van der Waals surface area contributed by atoms with Crippen molar-refractivity contribution in [3.63, 3.8) is 0 Å². The van der Waals surface area contributed by atoms with E-state index < -0.39 is 10.1 Å². The van der Waals surface area contributed by atoms with E-state index in [0.29, 0.717) is 6.26 Å². The van der Waals surface area contributed by atoms with Crippen molar-refractivity contribution < 1.29 is 13.0 Å². The van der Waals surface area contributed by atoms with Crippen LogP contribution in [0.1, 0.15) is 0 Å². The van der Waals surface area contributed by atoms with E-state index in [2.05, 4.69) is 20.9 Å². The summed E-state index contributed by atoms with van der Waals surface area (Å²) in [6.07, 6.45) is 4.21. The van der Waals surface area contributed by atoms with Gasteiger partial charge in [-0.3, -0.25) is 4.55 Å². The van der Waals surface area contributed by atoms with Crippen molar-refractivity contribution in [3.05, 3.63) is 17.1 Å². The summed E-state index contributed by atoms with van der Waals surface area (Å²) in [6.45, 7) is 0. The average molecular weight is 257 g/mol. The molecule has 0 amide bonds. The molecule has 7 heteroatoms. The molecule has 1 heterocycles. The molecule has 5 nitrogen and oxygen atoms in total. The van der Waals surface area contributed by atoms with Gasteiger partial charge < -0.3 is 4.57 Å². The topological polar surface area (TPSA) is 72.2 Å². The number of aromatic nitrogens is 2. The molecule has 0 aliphatic carbocycles. The summed E-state index contributed by atoms with van der Waals surface area (Å²) in [7, 11) is -1.74. The third-order valence-electron chi connectivity index (χ3n) is 0.758. The second-order valence-electron chi connectivity index (χ2n) is 2.06. The molecule has 0 unspecified atom stereocenters. The van der Waals surface area contributed by atoms with Crippen LogP contribution in [0.5, 0.6) is 0 Å². The molecule has 0 aliphatic rings. The molecule has 0 bridgehead atoms. The quantitative estimate of drug-likeness (QED) is 0.694. The fraction of sp³-hybridized carbons (Fsp3) is 0.400. The molecular formula is C5H9BrN2O3S. The highest BCUT2D eigenvalue weighted by Gasteiger charge is 1.85.